The fraction of sp³-hybridized carbons (Fsp3) is 0.143. The zero-order valence-corrected chi connectivity index (χ0v) is 11.0. The van der Waals surface area contributed by atoms with Crippen molar-refractivity contribution in [3.05, 3.63) is 58.4 Å². The molecule has 0 saturated heterocycles. The Kier molecular flexibility index (Phi) is 3.46. The zero-order valence-electron chi connectivity index (χ0n) is 11.0. The summed E-state index contributed by atoms with van der Waals surface area (Å²) in [5.74, 6) is 0. The van der Waals surface area contributed by atoms with Gasteiger partial charge in [-0.05, 0) is 30.2 Å². The van der Waals surface area contributed by atoms with Crippen LogP contribution in [0, 0.1) is 10.1 Å². The van der Waals surface area contributed by atoms with Gasteiger partial charge in [0.25, 0.3) is 11.7 Å². The number of para-hydroxylation sites is 1. The van der Waals surface area contributed by atoms with Crippen molar-refractivity contribution in [2.75, 3.05) is 11.9 Å². The van der Waals surface area contributed by atoms with Crippen molar-refractivity contribution in [1.29, 1.82) is 0 Å². The first-order valence-electron chi connectivity index (χ1n) is 6.41. The first-order valence-corrected chi connectivity index (χ1v) is 6.41. The normalized spacial score (nSPS) is 10.7. The lowest BCUT2D eigenvalue weighted by atomic mass is 10.2. The van der Waals surface area contributed by atoms with E-state index in [0.29, 0.717) is 12.1 Å². The second-order valence-electron chi connectivity index (χ2n) is 4.43. The molecule has 0 atom stereocenters. The second kappa shape index (κ2) is 5.58. The van der Waals surface area contributed by atoms with Crippen molar-refractivity contribution in [2.45, 2.75) is 6.42 Å². The Morgan fingerprint density at radius 1 is 1.24 bits per heavy atom. The van der Waals surface area contributed by atoms with Crippen LogP contribution in [0.5, 0.6) is 0 Å². The van der Waals surface area contributed by atoms with Gasteiger partial charge in [0, 0.05) is 25.0 Å². The Hall–Kier alpha value is -2.96. The van der Waals surface area contributed by atoms with Crippen molar-refractivity contribution in [1.82, 2.24) is 9.97 Å². The number of hydrogen-bond acceptors (Lipinski definition) is 6. The Morgan fingerprint density at radius 3 is 2.81 bits per heavy atom. The highest BCUT2D eigenvalue weighted by molar-refractivity contribution is 5.83. The van der Waals surface area contributed by atoms with Gasteiger partial charge in [0.2, 0.25) is 0 Å². The average molecular weight is 284 g/mol. The number of nitrogens with zero attached hydrogens (tertiary/aromatic N) is 3. The number of nitro benzene ring substituents is 1. The van der Waals surface area contributed by atoms with Crippen molar-refractivity contribution in [3.8, 4) is 0 Å². The number of aromatic nitrogens is 2. The van der Waals surface area contributed by atoms with Gasteiger partial charge < -0.3 is 9.73 Å². The van der Waals surface area contributed by atoms with Crippen LogP contribution in [0.2, 0.25) is 0 Å². The number of benzene rings is 1. The fourth-order valence-corrected chi connectivity index (χ4v) is 2.02. The molecule has 0 fully saturated rings. The molecule has 0 aliphatic carbocycles. The third-order valence-corrected chi connectivity index (χ3v) is 3.03. The number of pyridine rings is 1. The summed E-state index contributed by atoms with van der Waals surface area (Å²) in [5.41, 5.74) is 1.74. The van der Waals surface area contributed by atoms with E-state index in [1.165, 1.54) is 6.07 Å². The number of nitrogens with one attached hydrogen (secondary N) is 1. The topological polar surface area (TPSA) is 94.1 Å². The summed E-state index contributed by atoms with van der Waals surface area (Å²) in [5, 5.41) is 13.9. The molecule has 2 aromatic heterocycles. The lowest BCUT2D eigenvalue weighted by molar-refractivity contribution is -0.383. The molecular formula is C14H12N4O3. The number of non-ortho nitro benzene ring substituents is 1. The molecule has 0 bridgehead atoms. The Bertz CT molecular complexity index is 770. The van der Waals surface area contributed by atoms with E-state index >= 15 is 0 Å². The van der Waals surface area contributed by atoms with Crippen LogP contribution in [0.1, 0.15) is 5.56 Å². The number of oxazole rings is 1. The smallest absolute Gasteiger partial charge is 0.298 e. The maximum atomic E-state index is 10.9. The van der Waals surface area contributed by atoms with Crippen molar-refractivity contribution in [3.63, 3.8) is 0 Å². The molecule has 7 heteroatoms. The van der Waals surface area contributed by atoms with Crippen LogP contribution in [0.3, 0.4) is 0 Å². The first kappa shape index (κ1) is 13.0. The van der Waals surface area contributed by atoms with Crippen molar-refractivity contribution >= 4 is 22.8 Å². The number of rotatable bonds is 5. The monoisotopic (exact) mass is 284 g/mol. The van der Waals surface area contributed by atoms with Gasteiger partial charge in [0.1, 0.15) is 0 Å². The molecular weight excluding hydrogens is 272 g/mol. The third kappa shape index (κ3) is 2.81. The summed E-state index contributed by atoms with van der Waals surface area (Å²) in [6, 6.07) is 8.78. The van der Waals surface area contributed by atoms with E-state index < -0.39 is 4.92 Å². The van der Waals surface area contributed by atoms with Gasteiger partial charge in [-0.1, -0.05) is 6.07 Å². The molecule has 3 aromatic rings. The van der Waals surface area contributed by atoms with Gasteiger partial charge in [-0.2, -0.15) is 4.98 Å². The summed E-state index contributed by atoms with van der Waals surface area (Å²) >= 11 is 0. The summed E-state index contributed by atoms with van der Waals surface area (Å²) in [6.45, 7) is 0.616. The van der Waals surface area contributed by atoms with Gasteiger partial charge in [-0.15, -0.1) is 0 Å². The van der Waals surface area contributed by atoms with Crippen LogP contribution < -0.4 is 5.32 Å². The predicted octanol–water partition coefficient (Wildman–Crippen LogP) is 2.79. The van der Waals surface area contributed by atoms with E-state index in [2.05, 4.69) is 15.3 Å². The lowest BCUT2D eigenvalue weighted by Crippen LogP contribution is -2.04. The fourth-order valence-electron chi connectivity index (χ4n) is 2.02. The predicted molar refractivity (Wildman–Crippen MR) is 77.1 cm³/mol. The summed E-state index contributed by atoms with van der Waals surface area (Å²) < 4.78 is 5.46. The quantitative estimate of drug-likeness (QED) is 0.572. The number of hydrogen-bond donors (Lipinski definition) is 1. The van der Waals surface area contributed by atoms with E-state index in [1.807, 2.05) is 12.1 Å². The van der Waals surface area contributed by atoms with E-state index in [9.17, 15) is 10.1 Å². The SMILES string of the molecule is O=[N+]([O-])c1cccc2oc(NCCc3ccncc3)nc12. The molecule has 21 heavy (non-hydrogen) atoms. The van der Waals surface area contributed by atoms with Crippen molar-refractivity contribution < 1.29 is 9.34 Å². The largest absolute Gasteiger partial charge is 0.423 e. The Balaban J connectivity index is 1.73. The number of fused-ring (bicyclic) bond motifs is 1. The highest BCUT2D eigenvalue weighted by atomic mass is 16.6. The molecule has 2 heterocycles. The Morgan fingerprint density at radius 2 is 2.05 bits per heavy atom. The molecule has 0 radical (unpaired) electrons. The van der Waals surface area contributed by atoms with Gasteiger partial charge in [0.05, 0.1) is 4.92 Å². The summed E-state index contributed by atoms with van der Waals surface area (Å²) in [6.07, 6.45) is 4.25. The third-order valence-electron chi connectivity index (χ3n) is 3.03. The van der Waals surface area contributed by atoms with Crippen LogP contribution in [0.25, 0.3) is 11.1 Å². The summed E-state index contributed by atoms with van der Waals surface area (Å²) in [4.78, 5) is 18.5. The van der Waals surface area contributed by atoms with Crippen molar-refractivity contribution in [2.24, 2.45) is 0 Å². The first-order chi connectivity index (χ1) is 10.2. The minimum absolute atomic E-state index is 0.0570. The van der Waals surface area contributed by atoms with Gasteiger partial charge in [-0.25, -0.2) is 0 Å². The highest BCUT2D eigenvalue weighted by Gasteiger charge is 2.16. The van der Waals surface area contributed by atoms with E-state index in [1.54, 1.807) is 24.5 Å². The molecule has 1 N–H and O–H groups in total. The molecule has 0 aliphatic heterocycles. The molecule has 0 unspecified atom stereocenters. The molecule has 1 aromatic carbocycles. The molecule has 3 rings (SSSR count). The standard InChI is InChI=1S/C14H12N4O3/c19-18(20)11-2-1-3-12-13(11)17-14(21-12)16-9-6-10-4-7-15-8-5-10/h1-5,7-8H,6,9H2,(H,16,17). The second-order valence-corrected chi connectivity index (χ2v) is 4.43. The van der Waals surface area contributed by atoms with Crippen LogP contribution in [0.15, 0.2) is 47.1 Å². The highest BCUT2D eigenvalue weighted by Crippen LogP contribution is 2.27. The van der Waals surface area contributed by atoms with Crippen LogP contribution in [0.4, 0.5) is 11.7 Å². The zero-order chi connectivity index (χ0) is 14.7. The molecule has 0 saturated carbocycles. The van der Waals surface area contributed by atoms with Gasteiger partial charge in [0.15, 0.2) is 11.1 Å². The van der Waals surface area contributed by atoms with Crippen LogP contribution in [-0.4, -0.2) is 21.4 Å². The van der Waals surface area contributed by atoms with Crippen LogP contribution in [-0.2, 0) is 6.42 Å². The maximum Gasteiger partial charge on any atom is 0.298 e. The molecule has 0 amide bonds. The Labute approximate surface area is 119 Å². The average Bonchev–Trinajstić information content (AvgIpc) is 2.90. The van der Waals surface area contributed by atoms with E-state index in [-0.39, 0.29) is 17.2 Å². The molecule has 0 aliphatic rings. The lowest BCUT2D eigenvalue weighted by Gasteiger charge is -2.01. The maximum absolute atomic E-state index is 10.9. The molecule has 7 nitrogen and oxygen atoms in total. The minimum Gasteiger partial charge on any atom is -0.423 e. The van der Waals surface area contributed by atoms with E-state index in [0.717, 1.165) is 12.0 Å². The van der Waals surface area contributed by atoms with Gasteiger partial charge in [-0.3, -0.25) is 15.1 Å². The van der Waals surface area contributed by atoms with E-state index in [4.69, 9.17) is 4.42 Å². The van der Waals surface area contributed by atoms with Gasteiger partial charge >= 0.3 is 0 Å². The summed E-state index contributed by atoms with van der Waals surface area (Å²) in [7, 11) is 0. The van der Waals surface area contributed by atoms with Crippen LogP contribution >= 0.6 is 0 Å². The molecule has 0 spiro atoms. The number of nitro groups is 1. The number of anilines is 1. The minimum atomic E-state index is -0.467. The molecule has 106 valence electrons.